The van der Waals surface area contributed by atoms with Crippen LogP contribution in [0.1, 0.15) is 20.3 Å². The normalized spacial score (nSPS) is 14.2. The van der Waals surface area contributed by atoms with Gasteiger partial charge in [-0.05, 0) is 25.5 Å². The molecule has 0 radical (unpaired) electrons. The van der Waals surface area contributed by atoms with E-state index in [1.54, 1.807) is 19.1 Å². The van der Waals surface area contributed by atoms with Gasteiger partial charge >= 0.3 is 5.97 Å². The van der Waals surface area contributed by atoms with Crippen LogP contribution in [0.25, 0.3) is 0 Å². The summed E-state index contributed by atoms with van der Waals surface area (Å²) in [6, 6.07) is 3.26. The summed E-state index contributed by atoms with van der Waals surface area (Å²) in [7, 11) is 0. The molecule has 1 aromatic heterocycles. The topological polar surface area (TPSA) is 75.1 Å². The Labute approximate surface area is 98.8 Å². The number of halogens is 1. The predicted molar refractivity (Wildman–Crippen MR) is 61.6 cm³/mol. The zero-order chi connectivity index (χ0) is 12.2. The largest absolute Gasteiger partial charge is 0.481 e. The van der Waals surface area contributed by atoms with Gasteiger partial charge in [-0.2, -0.15) is 0 Å². The Hall–Kier alpha value is -1.36. The predicted octanol–water partition coefficient (Wildman–Crippen LogP) is 2.04. The number of aliphatic carboxylic acids is 1. The lowest BCUT2D eigenvalue weighted by atomic mass is 9.88. The van der Waals surface area contributed by atoms with Crippen molar-refractivity contribution in [1.82, 2.24) is 10.2 Å². The van der Waals surface area contributed by atoms with Crippen molar-refractivity contribution in [2.24, 2.45) is 5.41 Å². The number of carbonyl (C=O) groups is 1. The van der Waals surface area contributed by atoms with Crippen LogP contribution in [0, 0.1) is 5.41 Å². The summed E-state index contributed by atoms with van der Waals surface area (Å²) >= 11 is 5.58. The van der Waals surface area contributed by atoms with Crippen LogP contribution in [0.2, 0.25) is 5.15 Å². The van der Waals surface area contributed by atoms with E-state index in [0.29, 0.717) is 23.9 Å². The summed E-state index contributed by atoms with van der Waals surface area (Å²) in [6.07, 6.45) is 0.538. The average molecular weight is 244 g/mol. The van der Waals surface area contributed by atoms with Gasteiger partial charge in [0.15, 0.2) is 5.15 Å². The number of rotatable bonds is 5. The molecular weight excluding hydrogens is 230 g/mol. The van der Waals surface area contributed by atoms with Crippen LogP contribution in [0.5, 0.6) is 0 Å². The fourth-order valence-electron chi connectivity index (χ4n) is 1.05. The van der Waals surface area contributed by atoms with Gasteiger partial charge < -0.3 is 10.4 Å². The summed E-state index contributed by atoms with van der Waals surface area (Å²) in [5.74, 6) is -0.310. The van der Waals surface area contributed by atoms with Gasteiger partial charge in [0.25, 0.3) is 0 Å². The summed E-state index contributed by atoms with van der Waals surface area (Å²) in [5.41, 5.74) is -0.804. The van der Waals surface area contributed by atoms with Gasteiger partial charge in [0.2, 0.25) is 0 Å². The molecule has 6 heteroatoms. The smallest absolute Gasteiger partial charge is 0.311 e. The molecule has 0 aromatic carbocycles. The highest BCUT2D eigenvalue weighted by Gasteiger charge is 2.30. The number of anilines is 1. The Balaban J connectivity index is 2.63. The molecule has 16 heavy (non-hydrogen) atoms. The van der Waals surface area contributed by atoms with Crippen LogP contribution in [0.3, 0.4) is 0 Å². The molecule has 0 saturated carbocycles. The SMILES string of the molecule is CCC(C)(CNc1ccc(Cl)nn1)C(=O)O. The highest BCUT2D eigenvalue weighted by Crippen LogP contribution is 2.21. The van der Waals surface area contributed by atoms with E-state index < -0.39 is 11.4 Å². The first-order chi connectivity index (χ1) is 7.48. The van der Waals surface area contributed by atoms with E-state index in [9.17, 15) is 4.79 Å². The molecule has 0 saturated heterocycles. The third kappa shape index (κ3) is 3.06. The van der Waals surface area contributed by atoms with Gasteiger partial charge in [-0.25, -0.2) is 0 Å². The number of hydrogen-bond donors (Lipinski definition) is 2. The molecule has 5 nitrogen and oxygen atoms in total. The van der Waals surface area contributed by atoms with Crippen molar-refractivity contribution in [3.8, 4) is 0 Å². The lowest BCUT2D eigenvalue weighted by Gasteiger charge is -2.23. The van der Waals surface area contributed by atoms with Crippen molar-refractivity contribution in [3.63, 3.8) is 0 Å². The van der Waals surface area contributed by atoms with E-state index in [1.807, 2.05) is 6.92 Å². The molecule has 2 N–H and O–H groups in total. The van der Waals surface area contributed by atoms with E-state index >= 15 is 0 Å². The molecule has 0 fully saturated rings. The molecule has 0 spiro atoms. The minimum absolute atomic E-state index is 0.301. The quantitative estimate of drug-likeness (QED) is 0.828. The molecule has 0 aliphatic heterocycles. The minimum Gasteiger partial charge on any atom is -0.481 e. The van der Waals surface area contributed by atoms with E-state index in [-0.39, 0.29) is 0 Å². The second kappa shape index (κ2) is 5.12. The van der Waals surface area contributed by atoms with Gasteiger partial charge in [-0.1, -0.05) is 18.5 Å². The lowest BCUT2D eigenvalue weighted by molar-refractivity contribution is -0.147. The van der Waals surface area contributed by atoms with Crippen molar-refractivity contribution < 1.29 is 9.90 Å². The first-order valence-corrected chi connectivity index (χ1v) is 5.32. The summed E-state index contributed by atoms with van der Waals surface area (Å²) in [6.45, 7) is 3.82. The van der Waals surface area contributed by atoms with E-state index in [2.05, 4.69) is 15.5 Å². The maximum absolute atomic E-state index is 11.0. The number of carboxylic acid groups (broad SMARTS) is 1. The minimum atomic E-state index is -0.829. The number of nitrogens with zero attached hydrogens (tertiary/aromatic N) is 2. The lowest BCUT2D eigenvalue weighted by Crippen LogP contribution is -2.34. The molecule has 0 aliphatic rings. The monoisotopic (exact) mass is 243 g/mol. The summed E-state index contributed by atoms with van der Waals surface area (Å²) in [4.78, 5) is 11.0. The zero-order valence-corrected chi connectivity index (χ0v) is 9.95. The van der Waals surface area contributed by atoms with Gasteiger partial charge in [0.1, 0.15) is 5.82 Å². The average Bonchev–Trinajstić information content (AvgIpc) is 2.27. The molecular formula is C10H14ClN3O2. The molecule has 0 amide bonds. The molecule has 0 aliphatic carbocycles. The third-order valence-corrected chi connectivity index (χ3v) is 2.79. The Morgan fingerprint density at radius 1 is 1.56 bits per heavy atom. The second-order valence-corrected chi connectivity index (χ2v) is 4.20. The van der Waals surface area contributed by atoms with Crippen LogP contribution in [-0.2, 0) is 4.79 Å². The molecule has 88 valence electrons. The molecule has 1 atom stereocenters. The van der Waals surface area contributed by atoms with Gasteiger partial charge in [-0.15, -0.1) is 10.2 Å². The van der Waals surface area contributed by atoms with E-state index in [4.69, 9.17) is 16.7 Å². The summed E-state index contributed by atoms with van der Waals surface area (Å²) < 4.78 is 0. The third-order valence-electron chi connectivity index (χ3n) is 2.59. The van der Waals surface area contributed by atoms with Gasteiger partial charge in [0.05, 0.1) is 5.41 Å². The van der Waals surface area contributed by atoms with Crippen molar-refractivity contribution in [2.75, 3.05) is 11.9 Å². The van der Waals surface area contributed by atoms with Crippen LogP contribution in [-0.4, -0.2) is 27.8 Å². The molecule has 1 rings (SSSR count). The maximum Gasteiger partial charge on any atom is 0.311 e. The Morgan fingerprint density at radius 3 is 2.69 bits per heavy atom. The first kappa shape index (κ1) is 12.7. The zero-order valence-electron chi connectivity index (χ0n) is 9.20. The molecule has 1 heterocycles. The Bertz CT molecular complexity index is 369. The molecule has 0 bridgehead atoms. The summed E-state index contributed by atoms with van der Waals surface area (Å²) in [5, 5.41) is 19.7. The van der Waals surface area contributed by atoms with Crippen LogP contribution < -0.4 is 5.32 Å². The molecule has 1 aromatic rings. The van der Waals surface area contributed by atoms with Crippen LogP contribution in [0.4, 0.5) is 5.82 Å². The maximum atomic E-state index is 11.0. The van der Waals surface area contributed by atoms with Gasteiger partial charge in [0, 0.05) is 6.54 Å². The molecule has 1 unspecified atom stereocenters. The Kier molecular flexibility index (Phi) is 4.06. The standard InChI is InChI=1S/C10H14ClN3O2/c1-3-10(2,9(15)16)6-12-8-5-4-7(11)13-14-8/h4-5H,3,6H2,1-2H3,(H,12,14)(H,15,16). The van der Waals surface area contributed by atoms with Crippen LogP contribution in [0.15, 0.2) is 12.1 Å². The van der Waals surface area contributed by atoms with Gasteiger partial charge in [-0.3, -0.25) is 4.79 Å². The van der Waals surface area contributed by atoms with Crippen molar-refractivity contribution in [2.45, 2.75) is 20.3 Å². The number of nitrogens with one attached hydrogen (secondary N) is 1. The first-order valence-electron chi connectivity index (χ1n) is 4.94. The van der Waals surface area contributed by atoms with E-state index in [0.717, 1.165) is 0 Å². The number of aromatic nitrogens is 2. The van der Waals surface area contributed by atoms with E-state index in [1.165, 1.54) is 0 Å². The highest BCUT2D eigenvalue weighted by atomic mass is 35.5. The fourth-order valence-corrected chi connectivity index (χ4v) is 1.15. The Morgan fingerprint density at radius 2 is 2.25 bits per heavy atom. The van der Waals surface area contributed by atoms with Crippen molar-refractivity contribution >= 4 is 23.4 Å². The second-order valence-electron chi connectivity index (χ2n) is 3.81. The fraction of sp³-hybridized carbons (Fsp3) is 0.500. The number of hydrogen-bond acceptors (Lipinski definition) is 4. The van der Waals surface area contributed by atoms with Crippen molar-refractivity contribution in [3.05, 3.63) is 17.3 Å². The van der Waals surface area contributed by atoms with Crippen LogP contribution >= 0.6 is 11.6 Å². The van der Waals surface area contributed by atoms with Crippen molar-refractivity contribution in [1.29, 1.82) is 0 Å². The highest BCUT2D eigenvalue weighted by molar-refractivity contribution is 6.29. The number of carboxylic acids is 1.